The van der Waals surface area contributed by atoms with Crippen molar-refractivity contribution >= 4 is 18.2 Å². The molecule has 2 aromatic heterocycles. The Balaban J connectivity index is 0.000000735. The lowest BCUT2D eigenvalue weighted by molar-refractivity contribution is 0.112. The Labute approximate surface area is 175 Å². The van der Waals surface area contributed by atoms with Crippen LogP contribution in [0.1, 0.15) is 41.5 Å². The Morgan fingerprint density at radius 2 is 1.93 bits per heavy atom. The molecule has 3 aromatic rings. The number of anilines is 1. The second-order valence-corrected chi connectivity index (χ2v) is 6.13. The standard InChI is InChI=1S/C18H18N6O2.C3H8O/c1-12(14-6-4-3-5-7-14)21-16-15(8-19)22-18(23-17(16)26-2)24-10-13(11-25)9-20-24;1-3-4-2/h3-12,19,21H,1-2H3;3H2,1-2H3. The molecule has 9 nitrogen and oxygen atoms in total. The van der Waals surface area contributed by atoms with E-state index in [-0.39, 0.29) is 12.0 Å². The Morgan fingerprint density at radius 1 is 1.23 bits per heavy atom. The van der Waals surface area contributed by atoms with Gasteiger partial charge in [0, 0.05) is 32.2 Å². The molecule has 0 aliphatic heterocycles. The van der Waals surface area contributed by atoms with Gasteiger partial charge in [-0.15, -0.1) is 0 Å². The summed E-state index contributed by atoms with van der Waals surface area (Å²) in [5.41, 5.74) is 2.37. The van der Waals surface area contributed by atoms with Gasteiger partial charge in [-0.1, -0.05) is 30.3 Å². The van der Waals surface area contributed by atoms with Gasteiger partial charge in [-0.2, -0.15) is 10.1 Å². The summed E-state index contributed by atoms with van der Waals surface area (Å²) in [5.74, 6) is 0.505. The Morgan fingerprint density at radius 3 is 2.47 bits per heavy atom. The summed E-state index contributed by atoms with van der Waals surface area (Å²) in [6.45, 7) is 4.78. The van der Waals surface area contributed by atoms with E-state index in [0.717, 1.165) is 18.4 Å². The normalized spacial score (nSPS) is 11.1. The van der Waals surface area contributed by atoms with E-state index in [1.165, 1.54) is 24.2 Å². The second-order valence-electron chi connectivity index (χ2n) is 6.13. The molecule has 0 saturated carbocycles. The number of hydrogen-bond acceptors (Lipinski definition) is 8. The number of hydrogen-bond donors (Lipinski definition) is 2. The van der Waals surface area contributed by atoms with Gasteiger partial charge >= 0.3 is 0 Å². The molecule has 3 rings (SSSR count). The fourth-order valence-electron chi connectivity index (χ4n) is 2.48. The SMILES string of the molecule is CCOC.COc1nc(-n2cc(C=O)cn2)nc(C=N)c1NC(C)c1ccccc1. The number of methoxy groups -OCH3 is 2. The van der Waals surface area contributed by atoms with Gasteiger partial charge in [-0.05, 0) is 19.4 Å². The summed E-state index contributed by atoms with van der Waals surface area (Å²) in [4.78, 5) is 19.5. The third kappa shape index (κ3) is 5.71. The van der Waals surface area contributed by atoms with Gasteiger partial charge in [-0.25, -0.2) is 9.67 Å². The zero-order valence-electron chi connectivity index (χ0n) is 17.5. The van der Waals surface area contributed by atoms with E-state index in [1.807, 2.05) is 44.2 Å². The molecule has 0 amide bonds. The van der Waals surface area contributed by atoms with Crippen molar-refractivity contribution in [3.05, 3.63) is 59.5 Å². The third-order valence-electron chi connectivity index (χ3n) is 4.11. The average molecular weight is 410 g/mol. The molecular weight excluding hydrogens is 384 g/mol. The molecule has 1 unspecified atom stereocenters. The van der Waals surface area contributed by atoms with Crippen LogP contribution in [-0.4, -0.2) is 53.1 Å². The first-order chi connectivity index (χ1) is 14.6. The highest BCUT2D eigenvalue weighted by atomic mass is 16.5. The van der Waals surface area contributed by atoms with E-state index in [4.69, 9.17) is 10.1 Å². The smallest absolute Gasteiger partial charge is 0.254 e. The Hall–Kier alpha value is -3.59. The summed E-state index contributed by atoms with van der Waals surface area (Å²) in [6.07, 6.45) is 4.74. The van der Waals surface area contributed by atoms with E-state index >= 15 is 0 Å². The molecule has 1 atom stereocenters. The number of aromatic nitrogens is 4. The van der Waals surface area contributed by atoms with Crippen LogP contribution in [0.4, 0.5) is 5.69 Å². The number of carbonyl (C=O) groups excluding carboxylic acids is 1. The average Bonchev–Trinajstić information content (AvgIpc) is 3.29. The molecule has 1 aromatic carbocycles. The van der Waals surface area contributed by atoms with Gasteiger partial charge in [0.05, 0.1) is 18.9 Å². The highest BCUT2D eigenvalue weighted by Crippen LogP contribution is 2.29. The molecule has 0 fully saturated rings. The van der Waals surface area contributed by atoms with Crippen LogP contribution in [0.25, 0.3) is 5.95 Å². The van der Waals surface area contributed by atoms with Gasteiger partial charge in [0.25, 0.3) is 5.95 Å². The minimum atomic E-state index is -0.0374. The minimum Gasteiger partial charge on any atom is -0.479 e. The van der Waals surface area contributed by atoms with Crippen LogP contribution >= 0.6 is 0 Å². The van der Waals surface area contributed by atoms with Crippen LogP contribution in [0.15, 0.2) is 42.7 Å². The van der Waals surface area contributed by atoms with Gasteiger partial charge < -0.3 is 20.2 Å². The van der Waals surface area contributed by atoms with Crippen molar-refractivity contribution in [2.45, 2.75) is 19.9 Å². The number of carbonyl (C=O) groups is 1. The molecular formula is C21H26N6O3. The van der Waals surface area contributed by atoms with Gasteiger partial charge in [0.15, 0.2) is 6.29 Å². The molecule has 158 valence electrons. The van der Waals surface area contributed by atoms with E-state index in [1.54, 1.807) is 7.11 Å². The lowest BCUT2D eigenvalue weighted by Gasteiger charge is -2.19. The largest absolute Gasteiger partial charge is 0.479 e. The fourth-order valence-corrected chi connectivity index (χ4v) is 2.48. The molecule has 30 heavy (non-hydrogen) atoms. The maximum atomic E-state index is 10.8. The van der Waals surface area contributed by atoms with Crippen LogP contribution in [0.3, 0.4) is 0 Å². The lowest BCUT2D eigenvalue weighted by Crippen LogP contribution is -2.14. The number of nitrogens with zero attached hydrogens (tertiary/aromatic N) is 4. The predicted molar refractivity (Wildman–Crippen MR) is 115 cm³/mol. The second kappa shape index (κ2) is 11.4. The van der Waals surface area contributed by atoms with Gasteiger partial charge in [0.1, 0.15) is 11.4 Å². The summed E-state index contributed by atoms with van der Waals surface area (Å²) in [5, 5.41) is 15.1. The molecule has 2 N–H and O–H groups in total. The number of aldehydes is 1. The van der Waals surface area contributed by atoms with Crippen molar-refractivity contribution in [1.29, 1.82) is 5.41 Å². The molecule has 0 aliphatic rings. The number of benzene rings is 1. The van der Waals surface area contributed by atoms with Crippen LogP contribution < -0.4 is 10.1 Å². The van der Waals surface area contributed by atoms with Crippen molar-refractivity contribution in [3.63, 3.8) is 0 Å². The highest BCUT2D eigenvalue weighted by molar-refractivity contribution is 5.85. The van der Waals surface area contributed by atoms with E-state index in [2.05, 4.69) is 25.1 Å². The molecule has 0 bridgehead atoms. The van der Waals surface area contributed by atoms with Crippen LogP contribution in [0.5, 0.6) is 5.88 Å². The van der Waals surface area contributed by atoms with E-state index in [0.29, 0.717) is 29.1 Å². The Kier molecular flexibility index (Phi) is 8.64. The van der Waals surface area contributed by atoms with E-state index < -0.39 is 0 Å². The van der Waals surface area contributed by atoms with Crippen molar-refractivity contribution in [2.24, 2.45) is 0 Å². The zero-order chi connectivity index (χ0) is 21.9. The minimum absolute atomic E-state index is 0.0374. The number of nitrogens with one attached hydrogen (secondary N) is 2. The molecule has 0 spiro atoms. The zero-order valence-corrected chi connectivity index (χ0v) is 17.5. The summed E-state index contributed by atoms with van der Waals surface area (Å²) < 4.78 is 11.3. The fraction of sp³-hybridized carbons (Fsp3) is 0.286. The van der Waals surface area contributed by atoms with Crippen molar-refractivity contribution in [3.8, 4) is 11.8 Å². The van der Waals surface area contributed by atoms with Crippen LogP contribution in [0, 0.1) is 5.41 Å². The maximum absolute atomic E-state index is 10.8. The number of ether oxygens (including phenoxy) is 2. The predicted octanol–water partition coefficient (Wildman–Crippen LogP) is 3.31. The molecule has 0 radical (unpaired) electrons. The number of rotatable bonds is 8. The first kappa shape index (κ1) is 22.7. The van der Waals surface area contributed by atoms with Gasteiger partial charge in [-0.3, -0.25) is 4.79 Å². The van der Waals surface area contributed by atoms with Crippen molar-refractivity contribution in [1.82, 2.24) is 19.7 Å². The molecule has 9 heteroatoms. The topological polar surface area (TPSA) is 115 Å². The van der Waals surface area contributed by atoms with Gasteiger partial charge in [0.2, 0.25) is 5.88 Å². The van der Waals surface area contributed by atoms with Crippen LogP contribution in [-0.2, 0) is 4.74 Å². The monoisotopic (exact) mass is 410 g/mol. The highest BCUT2D eigenvalue weighted by Gasteiger charge is 2.18. The van der Waals surface area contributed by atoms with Crippen LogP contribution in [0.2, 0.25) is 0 Å². The molecule has 0 aliphatic carbocycles. The molecule has 2 heterocycles. The summed E-state index contributed by atoms with van der Waals surface area (Å²) in [6, 6.07) is 9.86. The van der Waals surface area contributed by atoms with E-state index in [9.17, 15) is 4.79 Å². The van der Waals surface area contributed by atoms with Crippen molar-refractivity contribution < 1.29 is 14.3 Å². The maximum Gasteiger partial charge on any atom is 0.254 e. The summed E-state index contributed by atoms with van der Waals surface area (Å²) >= 11 is 0. The first-order valence-electron chi connectivity index (χ1n) is 9.35. The third-order valence-corrected chi connectivity index (χ3v) is 4.11. The first-order valence-corrected chi connectivity index (χ1v) is 9.35. The quantitative estimate of drug-likeness (QED) is 0.432. The Bertz CT molecular complexity index is 957. The van der Waals surface area contributed by atoms with Crippen molar-refractivity contribution in [2.75, 3.05) is 26.1 Å². The lowest BCUT2D eigenvalue weighted by atomic mass is 10.1. The summed E-state index contributed by atoms with van der Waals surface area (Å²) in [7, 11) is 3.18. The molecule has 0 saturated heterocycles.